The first kappa shape index (κ1) is 14.6. The molecule has 0 fully saturated rings. The second kappa shape index (κ2) is 5.96. The van der Waals surface area contributed by atoms with E-state index in [1.165, 1.54) is 11.6 Å². The number of aliphatic hydroxyl groups is 1. The zero-order valence-corrected chi connectivity index (χ0v) is 10.1. The van der Waals surface area contributed by atoms with Crippen molar-refractivity contribution in [1.82, 2.24) is 9.88 Å². The Morgan fingerprint density at radius 2 is 2.21 bits per heavy atom. The number of nitro groups is 1. The number of rotatable bonds is 6. The summed E-state index contributed by atoms with van der Waals surface area (Å²) in [7, 11) is 1.43. The van der Waals surface area contributed by atoms with Gasteiger partial charge in [0, 0.05) is 26.1 Å². The van der Waals surface area contributed by atoms with Gasteiger partial charge in [0.15, 0.2) is 0 Å². The van der Waals surface area contributed by atoms with Crippen LogP contribution in [0.1, 0.15) is 16.9 Å². The second-order valence-electron chi connectivity index (χ2n) is 3.83. The van der Waals surface area contributed by atoms with Gasteiger partial charge in [0.05, 0.1) is 11.1 Å². The van der Waals surface area contributed by atoms with E-state index in [1.807, 2.05) is 0 Å². The summed E-state index contributed by atoms with van der Waals surface area (Å²) in [5.74, 6) is -2.04. The standard InChI is InChI=1S/C10H13N3O6/c1-12-5-6(13(18)19)4-8(12)9(15)11-7(2-3-14)10(16)17/h4-5,7,14H,2-3H2,1H3,(H,11,15)(H,16,17)/t7-/m0/s1. The summed E-state index contributed by atoms with van der Waals surface area (Å²) in [6, 6.07) is -0.195. The molecular weight excluding hydrogens is 258 g/mol. The lowest BCUT2D eigenvalue weighted by atomic mass is 10.2. The molecule has 0 unspecified atom stereocenters. The SMILES string of the molecule is Cn1cc([N+](=O)[O-])cc1C(=O)N[C@@H](CCO)C(=O)O. The van der Waals surface area contributed by atoms with E-state index in [-0.39, 0.29) is 17.8 Å². The zero-order valence-electron chi connectivity index (χ0n) is 10.1. The highest BCUT2D eigenvalue weighted by molar-refractivity contribution is 5.96. The third-order valence-electron chi connectivity index (χ3n) is 2.46. The van der Waals surface area contributed by atoms with Crippen LogP contribution >= 0.6 is 0 Å². The summed E-state index contributed by atoms with van der Waals surface area (Å²) < 4.78 is 1.23. The highest BCUT2D eigenvalue weighted by Crippen LogP contribution is 2.15. The molecule has 0 aliphatic heterocycles. The minimum absolute atomic E-state index is 0.0316. The first-order valence-corrected chi connectivity index (χ1v) is 5.32. The second-order valence-corrected chi connectivity index (χ2v) is 3.83. The molecule has 9 nitrogen and oxygen atoms in total. The van der Waals surface area contributed by atoms with Gasteiger partial charge in [0.2, 0.25) is 0 Å². The molecule has 0 saturated carbocycles. The summed E-state index contributed by atoms with van der Waals surface area (Å²) >= 11 is 0. The maximum atomic E-state index is 11.8. The number of carboxylic acids is 1. The number of carbonyl (C=O) groups excluding carboxylic acids is 1. The van der Waals surface area contributed by atoms with Crippen molar-refractivity contribution >= 4 is 17.6 Å². The lowest BCUT2D eigenvalue weighted by Gasteiger charge is -2.13. The minimum atomic E-state index is -1.29. The Labute approximate surface area is 107 Å². The van der Waals surface area contributed by atoms with Crippen LogP contribution in [0.5, 0.6) is 0 Å². The minimum Gasteiger partial charge on any atom is -0.480 e. The topological polar surface area (TPSA) is 135 Å². The average Bonchev–Trinajstić information content (AvgIpc) is 2.70. The lowest BCUT2D eigenvalue weighted by molar-refractivity contribution is -0.384. The zero-order chi connectivity index (χ0) is 14.6. The first-order valence-electron chi connectivity index (χ1n) is 5.32. The predicted octanol–water partition coefficient (Wildman–Crippen LogP) is -0.501. The van der Waals surface area contributed by atoms with E-state index in [2.05, 4.69) is 5.32 Å². The van der Waals surface area contributed by atoms with E-state index in [0.717, 1.165) is 12.3 Å². The van der Waals surface area contributed by atoms with Crippen LogP contribution in [0.25, 0.3) is 0 Å². The van der Waals surface area contributed by atoms with Crippen molar-refractivity contribution in [2.24, 2.45) is 7.05 Å². The molecule has 9 heteroatoms. The van der Waals surface area contributed by atoms with Crippen molar-refractivity contribution in [1.29, 1.82) is 0 Å². The predicted molar refractivity (Wildman–Crippen MR) is 62.7 cm³/mol. The van der Waals surface area contributed by atoms with Gasteiger partial charge in [0.25, 0.3) is 11.6 Å². The molecule has 0 spiro atoms. The van der Waals surface area contributed by atoms with E-state index >= 15 is 0 Å². The summed E-state index contributed by atoms with van der Waals surface area (Å²) in [6.07, 6.45) is 1.00. The quantitative estimate of drug-likeness (QED) is 0.471. The van der Waals surface area contributed by atoms with Gasteiger partial charge in [-0.15, -0.1) is 0 Å². The Kier molecular flexibility index (Phi) is 4.59. The van der Waals surface area contributed by atoms with E-state index < -0.39 is 29.4 Å². The van der Waals surface area contributed by atoms with Gasteiger partial charge in [-0.3, -0.25) is 14.9 Å². The molecule has 1 aromatic rings. The molecule has 0 bridgehead atoms. The Balaban J connectivity index is 2.88. The lowest BCUT2D eigenvalue weighted by Crippen LogP contribution is -2.41. The Bertz CT molecular complexity index is 509. The van der Waals surface area contributed by atoms with Gasteiger partial charge in [-0.1, -0.05) is 0 Å². The monoisotopic (exact) mass is 271 g/mol. The molecule has 1 amide bonds. The van der Waals surface area contributed by atoms with Crippen LogP contribution in [0.2, 0.25) is 0 Å². The maximum Gasteiger partial charge on any atom is 0.326 e. The molecule has 104 valence electrons. The van der Waals surface area contributed by atoms with Gasteiger partial charge in [-0.2, -0.15) is 0 Å². The van der Waals surface area contributed by atoms with Gasteiger partial charge in [0.1, 0.15) is 11.7 Å². The molecule has 0 radical (unpaired) electrons. The summed E-state index contributed by atoms with van der Waals surface area (Å²) in [5.41, 5.74) is -0.294. The van der Waals surface area contributed by atoms with Crippen LogP contribution in [-0.4, -0.2) is 44.2 Å². The fraction of sp³-hybridized carbons (Fsp3) is 0.400. The number of hydrogen-bond donors (Lipinski definition) is 3. The number of hydrogen-bond acceptors (Lipinski definition) is 5. The summed E-state index contributed by atoms with van der Waals surface area (Å²) in [6.45, 7) is -0.398. The third kappa shape index (κ3) is 3.52. The van der Waals surface area contributed by atoms with Crippen molar-refractivity contribution in [3.05, 3.63) is 28.1 Å². The van der Waals surface area contributed by atoms with Crippen molar-refractivity contribution < 1.29 is 24.7 Å². The van der Waals surface area contributed by atoms with Gasteiger partial charge in [-0.25, -0.2) is 4.79 Å². The number of nitrogens with zero attached hydrogens (tertiary/aromatic N) is 2. The van der Waals surface area contributed by atoms with Crippen LogP contribution in [0.4, 0.5) is 5.69 Å². The third-order valence-corrected chi connectivity index (χ3v) is 2.46. The van der Waals surface area contributed by atoms with E-state index in [4.69, 9.17) is 10.2 Å². The van der Waals surface area contributed by atoms with Gasteiger partial charge in [-0.05, 0) is 0 Å². The van der Waals surface area contributed by atoms with E-state index in [9.17, 15) is 19.7 Å². The fourth-order valence-electron chi connectivity index (χ4n) is 1.49. The van der Waals surface area contributed by atoms with Crippen molar-refractivity contribution in [2.45, 2.75) is 12.5 Å². The normalized spacial score (nSPS) is 11.9. The smallest absolute Gasteiger partial charge is 0.326 e. The fourth-order valence-corrected chi connectivity index (χ4v) is 1.49. The van der Waals surface area contributed by atoms with Crippen LogP contribution in [0, 0.1) is 10.1 Å². The molecule has 19 heavy (non-hydrogen) atoms. The Morgan fingerprint density at radius 3 is 2.63 bits per heavy atom. The number of aliphatic carboxylic acids is 1. The number of aromatic nitrogens is 1. The summed E-state index contributed by atoms with van der Waals surface area (Å²) in [5, 5.41) is 30.3. The summed E-state index contributed by atoms with van der Waals surface area (Å²) in [4.78, 5) is 32.5. The molecule has 1 atom stereocenters. The molecule has 3 N–H and O–H groups in total. The Hall–Kier alpha value is -2.42. The highest BCUT2D eigenvalue weighted by atomic mass is 16.6. The molecule has 1 rings (SSSR count). The van der Waals surface area contributed by atoms with Crippen LogP contribution in [-0.2, 0) is 11.8 Å². The molecule has 0 aliphatic rings. The first-order chi connectivity index (χ1) is 8.86. The van der Waals surface area contributed by atoms with Crippen molar-refractivity contribution in [3.8, 4) is 0 Å². The number of aryl methyl sites for hydroxylation is 1. The molecule has 0 aliphatic carbocycles. The number of carbonyl (C=O) groups is 2. The number of carboxylic acid groups (broad SMARTS) is 1. The molecule has 1 heterocycles. The van der Waals surface area contributed by atoms with Crippen molar-refractivity contribution in [2.75, 3.05) is 6.61 Å². The average molecular weight is 271 g/mol. The van der Waals surface area contributed by atoms with E-state index in [0.29, 0.717) is 0 Å². The molecular formula is C10H13N3O6. The van der Waals surface area contributed by atoms with Crippen LogP contribution < -0.4 is 5.32 Å². The van der Waals surface area contributed by atoms with E-state index in [1.54, 1.807) is 0 Å². The van der Waals surface area contributed by atoms with Crippen LogP contribution in [0.15, 0.2) is 12.3 Å². The van der Waals surface area contributed by atoms with Gasteiger partial charge < -0.3 is 20.1 Å². The largest absolute Gasteiger partial charge is 0.480 e. The van der Waals surface area contributed by atoms with Gasteiger partial charge >= 0.3 is 5.97 Å². The maximum absolute atomic E-state index is 11.8. The number of aliphatic hydroxyl groups excluding tert-OH is 1. The number of amides is 1. The number of nitrogens with one attached hydrogen (secondary N) is 1. The molecule has 1 aromatic heterocycles. The molecule has 0 aromatic carbocycles. The Morgan fingerprint density at radius 1 is 1.58 bits per heavy atom. The highest BCUT2D eigenvalue weighted by Gasteiger charge is 2.23. The van der Waals surface area contributed by atoms with Crippen LogP contribution in [0.3, 0.4) is 0 Å². The van der Waals surface area contributed by atoms with Crippen molar-refractivity contribution in [3.63, 3.8) is 0 Å². The molecule has 0 saturated heterocycles.